The number of alkyl halides is 3. The summed E-state index contributed by atoms with van der Waals surface area (Å²) in [6, 6.07) is 10.6. The van der Waals surface area contributed by atoms with E-state index in [1.807, 2.05) is 0 Å². The molecule has 0 bridgehead atoms. The van der Waals surface area contributed by atoms with Crippen LogP contribution in [0.5, 0.6) is 0 Å². The Morgan fingerprint density at radius 2 is 1.91 bits per heavy atom. The van der Waals surface area contributed by atoms with E-state index < -0.39 is 38.9 Å². The zero-order chi connectivity index (χ0) is 25.8. The third-order valence-electron chi connectivity index (χ3n) is 4.42. The van der Waals surface area contributed by atoms with Crippen molar-refractivity contribution in [2.24, 2.45) is 10.7 Å². The summed E-state index contributed by atoms with van der Waals surface area (Å²) in [5.41, 5.74) is 4.13. The van der Waals surface area contributed by atoms with Crippen LogP contribution in [0.4, 0.5) is 18.9 Å². The molecule has 0 aliphatic rings. The highest BCUT2D eigenvalue weighted by Crippen LogP contribution is 2.36. The summed E-state index contributed by atoms with van der Waals surface area (Å²) in [6.45, 7) is 1.60. The first-order valence-corrected chi connectivity index (χ1v) is 12.6. The lowest BCUT2D eigenvalue weighted by Crippen LogP contribution is -2.17. The van der Waals surface area contributed by atoms with Gasteiger partial charge in [-0.25, -0.2) is 23.2 Å². The molecular formula is C22H19F3N4O4S2. The van der Waals surface area contributed by atoms with Crippen LogP contribution in [0.15, 0.2) is 70.2 Å². The van der Waals surface area contributed by atoms with E-state index >= 15 is 0 Å². The van der Waals surface area contributed by atoms with Crippen LogP contribution in [-0.2, 0) is 25.5 Å². The highest BCUT2D eigenvalue weighted by atomic mass is 32.2. The average Bonchev–Trinajstić information content (AvgIpc) is 3.28. The molecule has 3 aromatic rings. The third-order valence-corrected chi connectivity index (χ3v) is 6.29. The Balaban J connectivity index is 2.14. The second kappa shape index (κ2) is 10.4. The lowest BCUT2D eigenvalue weighted by Gasteiger charge is -2.10. The fraction of sp³-hybridized carbons (Fsp3) is 0.182. The SMILES string of the molecule is CCOC(=O)/C(N)=C/C(=Nc1ccccc1C(F)(F)F)c1nsc(-c2cccc(S(C)(=O)=O)c2)n1. The molecule has 0 spiro atoms. The van der Waals surface area contributed by atoms with E-state index in [1.165, 1.54) is 30.3 Å². The number of carbonyl (C=O) groups excluding carboxylic acids is 1. The lowest BCUT2D eigenvalue weighted by atomic mass is 10.1. The van der Waals surface area contributed by atoms with Gasteiger partial charge in [-0.2, -0.15) is 17.5 Å². The smallest absolute Gasteiger partial charge is 0.418 e. The Morgan fingerprint density at radius 1 is 1.20 bits per heavy atom. The van der Waals surface area contributed by atoms with Gasteiger partial charge in [-0.05, 0) is 48.8 Å². The topological polar surface area (TPSA) is 125 Å². The number of hydrogen-bond donors (Lipinski definition) is 1. The van der Waals surface area contributed by atoms with Gasteiger partial charge in [0, 0.05) is 11.8 Å². The van der Waals surface area contributed by atoms with Gasteiger partial charge in [0.05, 0.1) is 22.8 Å². The maximum Gasteiger partial charge on any atom is 0.418 e. The number of benzene rings is 2. The molecule has 1 aromatic heterocycles. The zero-order valence-electron chi connectivity index (χ0n) is 18.4. The molecule has 3 rings (SSSR count). The number of aromatic nitrogens is 2. The van der Waals surface area contributed by atoms with Crippen molar-refractivity contribution in [3.63, 3.8) is 0 Å². The van der Waals surface area contributed by atoms with Gasteiger partial charge in [0.15, 0.2) is 15.7 Å². The number of hydrogen-bond acceptors (Lipinski definition) is 9. The minimum Gasteiger partial charge on any atom is -0.461 e. The minimum atomic E-state index is -4.69. The van der Waals surface area contributed by atoms with Crippen molar-refractivity contribution >= 4 is 38.7 Å². The number of para-hydroxylation sites is 1. The normalized spacial score (nSPS) is 13.1. The molecule has 0 unspecified atom stereocenters. The number of ether oxygens (including phenoxy) is 1. The van der Waals surface area contributed by atoms with Gasteiger partial charge in [0.2, 0.25) is 0 Å². The van der Waals surface area contributed by atoms with Crippen molar-refractivity contribution in [2.45, 2.75) is 18.0 Å². The second-order valence-corrected chi connectivity index (χ2v) is 9.82. The monoisotopic (exact) mass is 524 g/mol. The molecule has 2 aromatic carbocycles. The molecule has 0 amide bonds. The lowest BCUT2D eigenvalue weighted by molar-refractivity contribution is -0.138. The zero-order valence-corrected chi connectivity index (χ0v) is 20.0. The van der Waals surface area contributed by atoms with Crippen molar-refractivity contribution in [1.29, 1.82) is 0 Å². The number of carbonyl (C=O) groups is 1. The van der Waals surface area contributed by atoms with Crippen LogP contribution in [0.25, 0.3) is 10.6 Å². The molecule has 0 aliphatic carbocycles. The molecule has 35 heavy (non-hydrogen) atoms. The minimum absolute atomic E-state index is 0.0343. The molecule has 1 heterocycles. The van der Waals surface area contributed by atoms with Crippen LogP contribution in [0.3, 0.4) is 0 Å². The quantitative estimate of drug-likeness (QED) is 0.280. The fourth-order valence-corrected chi connectivity index (χ4v) is 4.15. The molecule has 0 atom stereocenters. The van der Waals surface area contributed by atoms with Crippen LogP contribution in [0.1, 0.15) is 18.3 Å². The first-order chi connectivity index (χ1) is 16.4. The van der Waals surface area contributed by atoms with Crippen molar-refractivity contribution in [2.75, 3.05) is 12.9 Å². The molecule has 8 nitrogen and oxygen atoms in total. The number of aliphatic imine (C=N–C) groups is 1. The summed E-state index contributed by atoms with van der Waals surface area (Å²) in [5, 5.41) is 0.283. The summed E-state index contributed by atoms with van der Waals surface area (Å²) >= 11 is 0.871. The van der Waals surface area contributed by atoms with Gasteiger partial charge < -0.3 is 10.5 Å². The van der Waals surface area contributed by atoms with Crippen LogP contribution < -0.4 is 5.73 Å². The van der Waals surface area contributed by atoms with Crippen molar-refractivity contribution in [1.82, 2.24) is 9.36 Å². The highest BCUT2D eigenvalue weighted by molar-refractivity contribution is 7.90. The Bertz CT molecular complexity index is 1410. The third kappa shape index (κ3) is 6.51. The van der Waals surface area contributed by atoms with E-state index in [0.717, 1.165) is 36.0 Å². The van der Waals surface area contributed by atoms with E-state index in [-0.39, 0.29) is 28.0 Å². The molecule has 0 radical (unpaired) electrons. The Labute approximate surface area is 203 Å². The van der Waals surface area contributed by atoms with Crippen molar-refractivity contribution < 1.29 is 31.1 Å². The summed E-state index contributed by atoms with van der Waals surface area (Å²) in [7, 11) is -3.48. The Hall–Kier alpha value is -3.58. The van der Waals surface area contributed by atoms with Crippen LogP contribution >= 0.6 is 11.5 Å². The maximum atomic E-state index is 13.5. The van der Waals surface area contributed by atoms with Crippen LogP contribution in [0, 0.1) is 0 Å². The summed E-state index contributed by atoms with van der Waals surface area (Å²) in [4.78, 5) is 20.4. The molecule has 0 saturated carbocycles. The summed E-state index contributed by atoms with van der Waals surface area (Å²) in [6.07, 6.45) is -2.60. The number of sulfone groups is 1. The molecule has 0 fully saturated rings. The molecule has 0 saturated heterocycles. The second-order valence-electron chi connectivity index (χ2n) is 7.06. The number of nitrogens with two attached hydrogens (primary N) is 1. The maximum absolute atomic E-state index is 13.5. The first kappa shape index (κ1) is 26.0. The van der Waals surface area contributed by atoms with Gasteiger partial charge in [0.1, 0.15) is 16.4 Å². The first-order valence-electron chi connectivity index (χ1n) is 9.94. The number of allylic oxidation sites excluding steroid dienone is 1. The molecule has 13 heteroatoms. The largest absolute Gasteiger partial charge is 0.461 e. The number of rotatable bonds is 7. The molecular weight excluding hydrogens is 505 g/mol. The van der Waals surface area contributed by atoms with Crippen LogP contribution in [-0.4, -0.2) is 42.3 Å². The summed E-state index contributed by atoms with van der Waals surface area (Å²) in [5.74, 6) is -1.00. The van der Waals surface area contributed by atoms with Gasteiger partial charge >= 0.3 is 12.1 Å². The van der Waals surface area contributed by atoms with E-state index in [2.05, 4.69) is 14.3 Å². The highest BCUT2D eigenvalue weighted by Gasteiger charge is 2.33. The molecule has 184 valence electrons. The standard InChI is InChI=1S/C22H19F3N4O4S2/c1-3-33-21(30)16(26)12-18(27-17-10-5-4-9-15(17)22(23,24)25)19-28-20(34-29-19)13-7-6-8-14(11-13)35(2,31)32/h4-12H,3,26H2,1-2H3/b16-12-,27-18?. The van der Waals surface area contributed by atoms with Crippen LogP contribution in [0.2, 0.25) is 0 Å². The predicted molar refractivity (Wildman–Crippen MR) is 125 cm³/mol. The predicted octanol–water partition coefficient (Wildman–Crippen LogP) is 4.15. The van der Waals surface area contributed by atoms with E-state index in [4.69, 9.17) is 10.5 Å². The number of nitrogens with zero attached hydrogens (tertiary/aromatic N) is 3. The number of esters is 1. The van der Waals surface area contributed by atoms with Gasteiger partial charge in [-0.15, -0.1) is 0 Å². The fourth-order valence-electron chi connectivity index (χ4n) is 2.81. The van der Waals surface area contributed by atoms with Gasteiger partial charge in [-0.1, -0.05) is 24.3 Å². The van der Waals surface area contributed by atoms with Gasteiger partial charge in [0.25, 0.3) is 0 Å². The van der Waals surface area contributed by atoms with Gasteiger partial charge in [-0.3, -0.25) is 0 Å². The van der Waals surface area contributed by atoms with E-state index in [9.17, 15) is 26.4 Å². The Kier molecular flexibility index (Phi) is 7.70. The molecule has 0 aliphatic heterocycles. The molecule has 2 N–H and O–H groups in total. The van der Waals surface area contributed by atoms with Crippen molar-refractivity contribution in [3.8, 4) is 10.6 Å². The van der Waals surface area contributed by atoms with E-state index in [0.29, 0.717) is 5.56 Å². The average molecular weight is 525 g/mol. The van der Waals surface area contributed by atoms with Crippen molar-refractivity contribution in [3.05, 3.63) is 71.7 Å². The van der Waals surface area contributed by atoms with E-state index in [1.54, 1.807) is 13.0 Å². The Morgan fingerprint density at radius 3 is 2.57 bits per heavy atom. The summed E-state index contributed by atoms with van der Waals surface area (Å²) < 4.78 is 73.2. The number of halogens is 3.